The molecule has 0 saturated heterocycles. The van der Waals surface area contributed by atoms with Gasteiger partial charge in [-0.2, -0.15) is 0 Å². The number of amides is 1. The summed E-state index contributed by atoms with van der Waals surface area (Å²) in [7, 11) is -2.06. The van der Waals surface area contributed by atoms with E-state index < -0.39 is 10.0 Å². The van der Waals surface area contributed by atoms with E-state index in [4.69, 9.17) is 9.88 Å². The molecule has 4 aromatic rings. The van der Waals surface area contributed by atoms with Crippen LogP contribution in [0.2, 0.25) is 0 Å². The van der Waals surface area contributed by atoms with E-state index in [9.17, 15) is 13.2 Å². The molecule has 4 rings (SSSR count). The van der Waals surface area contributed by atoms with Crippen LogP contribution in [-0.2, 0) is 16.6 Å². The molecule has 0 aliphatic carbocycles. The quantitative estimate of drug-likeness (QED) is 0.451. The molecule has 2 aromatic heterocycles. The van der Waals surface area contributed by atoms with E-state index in [1.54, 1.807) is 48.3 Å². The molecule has 0 spiro atoms. The highest BCUT2D eigenvalue weighted by atomic mass is 32.2. The van der Waals surface area contributed by atoms with E-state index in [-0.39, 0.29) is 23.5 Å². The zero-order chi connectivity index (χ0) is 23.6. The summed E-state index contributed by atoms with van der Waals surface area (Å²) in [6, 6.07) is 18.7. The Morgan fingerprint density at radius 1 is 1.12 bits per heavy atom. The third-order valence-electron chi connectivity index (χ3n) is 5.47. The van der Waals surface area contributed by atoms with Gasteiger partial charge in [-0.15, -0.1) is 0 Å². The van der Waals surface area contributed by atoms with Gasteiger partial charge in [0.1, 0.15) is 18.0 Å². The molecule has 8 nitrogen and oxygen atoms in total. The number of hydrogen-bond acceptors (Lipinski definition) is 5. The highest BCUT2D eigenvalue weighted by molar-refractivity contribution is 7.89. The number of aromatic nitrogens is 2. The summed E-state index contributed by atoms with van der Waals surface area (Å²) in [6.45, 7) is 2.15. The summed E-state index contributed by atoms with van der Waals surface area (Å²) in [5.74, 6) is 0.382. The number of carbonyl (C=O) groups excluding carboxylic acids is 1. The summed E-state index contributed by atoms with van der Waals surface area (Å²) in [6.07, 6.45) is 3.82. The largest absolute Gasteiger partial charge is 0.487 e. The topological polar surface area (TPSA) is 107 Å². The molecule has 0 aliphatic heterocycles. The van der Waals surface area contributed by atoms with Crippen molar-refractivity contribution in [3.05, 3.63) is 95.9 Å². The van der Waals surface area contributed by atoms with Gasteiger partial charge in [0.05, 0.1) is 16.6 Å². The molecule has 2 aromatic carbocycles. The number of fused-ring (bicyclic) bond motifs is 1. The molecule has 0 fully saturated rings. The molecular formula is C24H24N4O4S. The fraction of sp³-hybridized carbons (Fsp3) is 0.167. The number of ether oxygens (including phenoxy) is 1. The van der Waals surface area contributed by atoms with Crippen molar-refractivity contribution < 1.29 is 17.9 Å². The van der Waals surface area contributed by atoms with Crippen LogP contribution in [0.5, 0.6) is 5.75 Å². The van der Waals surface area contributed by atoms with E-state index in [0.29, 0.717) is 11.3 Å². The number of hydrogen-bond donors (Lipinski definition) is 1. The van der Waals surface area contributed by atoms with Gasteiger partial charge in [0.25, 0.3) is 5.91 Å². The third kappa shape index (κ3) is 5.05. The molecule has 1 unspecified atom stereocenters. The average Bonchev–Trinajstić information content (AvgIpc) is 3.24. The van der Waals surface area contributed by atoms with E-state index in [2.05, 4.69) is 4.98 Å². The molecule has 1 atom stereocenters. The number of pyridine rings is 1. The van der Waals surface area contributed by atoms with Crippen molar-refractivity contribution in [1.29, 1.82) is 0 Å². The molecule has 9 heteroatoms. The lowest BCUT2D eigenvalue weighted by molar-refractivity contribution is 0.0742. The number of nitrogens with two attached hydrogens (primary N) is 1. The van der Waals surface area contributed by atoms with Crippen molar-refractivity contribution in [1.82, 2.24) is 14.3 Å². The smallest absolute Gasteiger partial charge is 0.254 e. The van der Waals surface area contributed by atoms with E-state index in [0.717, 1.165) is 16.9 Å². The van der Waals surface area contributed by atoms with Crippen LogP contribution in [0.25, 0.3) is 5.65 Å². The third-order valence-corrected chi connectivity index (χ3v) is 6.40. The second kappa shape index (κ2) is 9.05. The minimum atomic E-state index is -3.76. The van der Waals surface area contributed by atoms with Crippen LogP contribution in [0.3, 0.4) is 0 Å². The number of benzene rings is 2. The first-order chi connectivity index (χ1) is 15.7. The average molecular weight is 465 g/mol. The highest BCUT2D eigenvalue weighted by Gasteiger charge is 2.20. The number of imidazole rings is 1. The SMILES string of the molecule is CC(c1ccc(S(N)(=O)=O)cc1)N(C)C(=O)c1cccc(OCc2cn3ccccc3n2)c1. The summed E-state index contributed by atoms with van der Waals surface area (Å²) >= 11 is 0. The molecule has 33 heavy (non-hydrogen) atoms. The summed E-state index contributed by atoms with van der Waals surface area (Å²) in [5.41, 5.74) is 2.90. The van der Waals surface area contributed by atoms with E-state index in [1.807, 2.05) is 41.9 Å². The molecule has 2 N–H and O–H groups in total. The van der Waals surface area contributed by atoms with Gasteiger partial charge in [0, 0.05) is 25.0 Å². The van der Waals surface area contributed by atoms with Crippen molar-refractivity contribution in [2.75, 3.05) is 7.05 Å². The van der Waals surface area contributed by atoms with Gasteiger partial charge in [0.2, 0.25) is 10.0 Å². The molecule has 0 aliphatic rings. The lowest BCUT2D eigenvalue weighted by Gasteiger charge is -2.25. The number of nitrogens with zero attached hydrogens (tertiary/aromatic N) is 3. The first-order valence-corrected chi connectivity index (χ1v) is 11.8. The van der Waals surface area contributed by atoms with Crippen LogP contribution in [0, 0.1) is 0 Å². The first kappa shape index (κ1) is 22.5. The number of sulfonamides is 1. The van der Waals surface area contributed by atoms with Crippen molar-refractivity contribution in [3.8, 4) is 5.75 Å². The maximum atomic E-state index is 13.1. The molecule has 2 heterocycles. The molecule has 0 saturated carbocycles. The highest BCUT2D eigenvalue weighted by Crippen LogP contribution is 2.24. The van der Waals surface area contributed by atoms with Crippen LogP contribution in [-0.4, -0.2) is 35.7 Å². The summed E-state index contributed by atoms with van der Waals surface area (Å²) in [4.78, 5) is 19.2. The minimum absolute atomic E-state index is 0.0305. The van der Waals surface area contributed by atoms with Gasteiger partial charge in [-0.25, -0.2) is 18.5 Å². The van der Waals surface area contributed by atoms with Gasteiger partial charge in [-0.3, -0.25) is 4.79 Å². The summed E-state index contributed by atoms with van der Waals surface area (Å²) < 4.78 is 30.7. The standard InChI is InChI=1S/C24H24N4O4S/c1-17(18-9-11-22(12-10-18)33(25,30)31)27(2)24(29)19-6-5-7-21(14-19)32-16-20-15-28-13-4-3-8-23(28)26-20/h3-15,17H,16H2,1-2H3,(H2,25,30,31). The zero-order valence-electron chi connectivity index (χ0n) is 18.3. The molecule has 1 amide bonds. The monoisotopic (exact) mass is 464 g/mol. The van der Waals surface area contributed by atoms with Crippen LogP contribution in [0.4, 0.5) is 0 Å². The van der Waals surface area contributed by atoms with Gasteiger partial charge in [0.15, 0.2) is 0 Å². The van der Waals surface area contributed by atoms with Crippen LogP contribution < -0.4 is 9.88 Å². The Kier molecular flexibility index (Phi) is 6.17. The molecule has 0 radical (unpaired) electrons. The van der Waals surface area contributed by atoms with Gasteiger partial charge in [-0.1, -0.05) is 24.3 Å². The first-order valence-electron chi connectivity index (χ1n) is 10.3. The molecular weight excluding hydrogens is 440 g/mol. The second-order valence-corrected chi connectivity index (χ2v) is 9.28. The van der Waals surface area contributed by atoms with Gasteiger partial charge >= 0.3 is 0 Å². The minimum Gasteiger partial charge on any atom is -0.487 e. The van der Waals surface area contributed by atoms with Crippen molar-refractivity contribution >= 4 is 21.6 Å². The Morgan fingerprint density at radius 3 is 2.58 bits per heavy atom. The van der Waals surface area contributed by atoms with Gasteiger partial charge in [-0.05, 0) is 55.0 Å². The predicted octanol–water partition coefficient (Wildman–Crippen LogP) is 3.39. The Hall–Kier alpha value is -3.69. The maximum Gasteiger partial charge on any atom is 0.254 e. The van der Waals surface area contributed by atoms with Crippen molar-refractivity contribution in [2.45, 2.75) is 24.5 Å². The van der Waals surface area contributed by atoms with Crippen LogP contribution in [0.15, 0.2) is 84.0 Å². The zero-order valence-corrected chi connectivity index (χ0v) is 19.1. The van der Waals surface area contributed by atoms with Crippen molar-refractivity contribution in [2.24, 2.45) is 5.14 Å². The fourth-order valence-corrected chi connectivity index (χ4v) is 3.99. The van der Waals surface area contributed by atoms with Crippen LogP contribution >= 0.6 is 0 Å². The van der Waals surface area contributed by atoms with Crippen molar-refractivity contribution in [3.63, 3.8) is 0 Å². The fourth-order valence-electron chi connectivity index (χ4n) is 3.47. The predicted molar refractivity (Wildman–Crippen MR) is 124 cm³/mol. The van der Waals surface area contributed by atoms with Gasteiger partial charge < -0.3 is 14.0 Å². The molecule has 170 valence electrons. The maximum absolute atomic E-state index is 13.1. The van der Waals surface area contributed by atoms with Crippen LogP contribution in [0.1, 0.15) is 34.6 Å². The lowest BCUT2D eigenvalue weighted by Crippen LogP contribution is -2.29. The number of carbonyl (C=O) groups is 1. The molecule has 0 bridgehead atoms. The Labute approximate surface area is 192 Å². The second-order valence-electron chi connectivity index (χ2n) is 7.72. The van der Waals surface area contributed by atoms with E-state index in [1.165, 1.54) is 12.1 Å². The Balaban J connectivity index is 1.44. The Morgan fingerprint density at radius 2 is 1.88 bits per heavy atom. The van der Waals surface area contributed by atoms with E-state index >= 15 is 0 Å². The number of primary sulfonamides is 1. The Bertz CT molecular complexity index is 1360. The lowest BCUT2D eigenvalue weighted by atomic mass is 10.1. The number of rotatable bonds is 7. The normalized spacial score (nSPS) is 12.5. The summed E-state index contributed by atoms with van der Waals surface area (Å²) in [5, 5.41) is 5.15.